The van der Waals surface area contributed by atoms with Crippen LogP contribution in [0.2, 0.25) is 0 Å². The monoisotopic (exact) mass is 251 g/mol. The molecule has 1 fully saturated rings. The van der Waals surface area contributed by atoms with E-state index in [2.05, 4.69) is 17.0 Å². The summed E-state index contributed by atoms with van der Waals surface area (Å²) in [6, 6.07) is 0. The zero-order chi connectivity index (χ0) is 13.2. The van der Waals surface area contributed by atoms with E-state index in [1.807, 2.05) is 6.92 Å². The maximum atomic E-state index is 11.7. The summed E-state index contributed by atoms with van der Waals surface area (Å²) in [7, 11) is 0. The molecule has 5 heteroatoms. The molecule has 2 unspecified atom stereocenters. The van der Waals surface area contributed by atoms with Gasteiger partial charge in [0.1, 0.15) is 12.2 Å². The van der Waals surface area contributed by atoms with Gasteiger partial charge in [-0.2, -0.15) is 5.10 Å². The normalized spacial score (nSPS) is 28.2. The van der Waals surface area contributed by atoms with Gasteiger partial charge < -0.3 is 5.11 Å². The van der Waals surface area contributed by atoms with Crippen molar-refractivity contribution >= 4 is 5.97 Å². The molecule has 0 bridgehead atoms. The second kappa shape index (κ2) is 5.08. The van der Waals surface area contributed by atoms with E-state index in [0.29, 0.717) is 12.3 Å². The fourth-order valence-electron chi connectivity index (χ4n) is 3.08. The summed E-state index contributed by atoms with van der Waals surface area (Å²) in [6.45, 7) is 4.87. The molecule has 1 heterocycles. The zero-order valence-electron chi connectivity index (χ0n) is 11.1. The third-order valence-electron chi connectivity index (χ3n) is 4.04. The fraction of sp³-hybridized carbons (Fsp3) is 0.769. The van der Waals surface area contributed by atoms with Crippen LogP contribution < -0.4 is 0 Å². The Morgan fingerprint density at radius 2 is 2.44 bits per heavy atom. The van der Waals surface area contributed by atoms with Gasteiger partial charge in [0.05, 0.1) is 5.41 Å². The molecule has 0 amide bonds. The number of hydrogen-bond donors (Lipinski definition) is 1. The van der Waals surface area contributed by atoms with Gasteiger partial charge in [0, 0.05) is 13.0 Å². The number of rotatable bonds is 4. The number of aliphatic carboxylic acids is 1. The summed E-state index contributed by atoms with van der Waals surface area (Å²) in [6.07, 6.45) is 5.65. The lowest BCUT2D eigenvalue weighted by molar-refractivity contribution is -0.152. The molecule has 2 rings (SSSR count). The lowest BCUT2D eigenvalue weighted by atomic mass is 9.68. The van der Waals surface area contributed by atoms with Gasteiger partial charge in [-0.05, 0) is 25.7 Å². The smallest absolute Gasteiger partial charge is 0.310 e. The minimum Gasteiger partial charge on any atom is -0.481 e. The van der Waals surface area contributed by atoms with Gasteiger partial charge in [0.25, 0.3) is 0 Å². The fourth-order valence-corrected chi connectivity index (χ4v) is 3.08. The molecule has 1 N–H and O–H groups in total. The van der Waals surface area contributed by atoms with E-state index >= 15 is 0 Å². The van der Waals surface area contributed by atoms with Crippen LogP contribution in [0.15, 0.2) is 6.33 Å². The van der Waals surface area contributed by atoms with Gasteiger partial charge in [0.2, 0.25) is 0 Å². The van der Waals surface area contributed by atoms with E-state index in [1.54, 1.807) is 4.68 Å². The largest absolute Gasteiger partial charge is 0.481 e. The Hall–Kier alpha value is -1.39. The van der Waals surface area contributed by atoms with Crippen LogP contribution in [0.5, 0.6) is 0 Å². The van der Waals surface area contributed by atoms with Gasteiger partial charge in [-0.3, -0.25) is 9.48 Å². The molecule has 0 spiro atoms. The van der Waals surface area contributed by atoms with Crippen molar-refractivity contribution in [2.45, 2.75) is 52.5 Å². The third-order valence-corrected chi connectivity index (χ3v) is 4.04. The minimum atomic E-state index is -0.681. The average Bonchev–Trinajstić information content (AvgIpc) is 2.76. The van der Waals surface area contributed by atoms with Crippen molar-refractivity contribution in [3.63, 3.8) is 0 Å². The number of carbonyl (C=O) groups is 1. The highest BCUT2D eigenvalue weighted by molar-refractivity contribution is 5.75. The van der Waals surface area contributed by atoms with Crippen LogP contribution >= 0.6 is 0 Å². The van der Waals surface area contributed by atoms with Gasteiger partial charge in [-0.25, -0.2) is 4.98 Å². The number of carboxylic acids is 1. The predicted molar refractivity (Wildman–Crippen MR) is 67.1 cm³/mol. The van der Waals surface area contributed by atoms with Gasteiger partial charge in [0.15, 0.2) is 0 Å². The second-order valence-electron chi connectivity index (χ2n) is 5.46. The first kappa shape index (κ1) is 13.1. The first-order valence-electron chi connectivity index (χ1n) is 6.67. The molecule has 1 aromatic heterocycles. The van der Waals surface area contributed by atoms with Crippen LogP contribution in [0.4, 0.5) is 0 Å². The molecule has 100 valence electrons. The van der Waals surface area contributed by atoms with Crippen LogP contribution in [0, 0.1) is 11.3 Å². The van der Waals surface area contributed by atoms with E-state index in [1.165, 1.54) is 6.33 Å². The SMILES string of the molecule is CCn1ncnc1CC1(C(=O)O)CCCC(C)C1. The van der Waals surface area contributed by atoms with Crippen molar-refractivity contribution in [3.8, 4) is 0 Å². The zero-order valence-corrected chi connectivity index (χ0v) is 11.1. The van der Waals surface area contributed by atoms with Crippen molar-refractivity contribution in [1.29, 1.82) is 0 Å². The van der Waals surface area contributed by atoms with Gasteiger partial charge in [-0.1, -0.05) is 19.8 Å². The van der Waals surface area contributed by atoms with Crippen molar-refractivity contribution in [2.24, 2.45) is 11.3 Å². The van der Waals surface area contributed by atoms with E-state index in [-0.39, 0.29) is 0 Å². The molecule has 1 aromatic rings. The lowest BCUT2D eigenvalue weighted by Crippen LogP contribution is -2.38. The van der Waals surface area contributed by atoms with Crippen LogP contribution in [0.1, 0.15) is 45.4 Å². The summed E-state index contributed by atoms with van der Waals surface area (Å²) in [5.41, 5.74) is -0.641. The van der Waals surface area contributed by atoms with E-state index in [9.17, 15) is 9.90 Å². The molecular weight excluding hydrogens is 230 g/mol. The van der Waals surface area contributed by atoms with Crippen LogP contribution in [0.3, 0.4) is 0 Å². The quantitative estimate of drug-likeness (QED) is 0.890. The topological polar surface area (TPSA) is 68.0 Å². The maximum Gasteiger partial charge on any atom is 0.310 e. The maximum absolute atomic E-state index is 11.7. The summed E-state index contributed by atoms with van der Waals surface area (Å²) < 4.78 is 1.80. The molecule has 18 heavy (non-hydrogen) atoms. The highest BCUT2D eigenvalue weighted by atomic mass is 16.4. The predicted octanol–water partition coefficient (Wildman–Crippen LogP) is 2.12. The molecule has 0 saturated heterocycles. The first-order valence-corrected chi connectivity index (χ1v) is 6.67. The second-order valence-corrected chi connectivity index (χ2v) is 5.46. The number of aromatic nitrogens is 3. The van der Waals surface area contributed by atoms with E-state index in [0.717, 1.165) is 38.1 Å². The Balaban J connectivity index is 2.23. The Labute approximate surface area is 107 Å². The van der Waals surface area contributed by atoms with E-state index in [4.69, 9.17) is 0 Å². The van der Waals surface area contributed by atoms with Crippen molar-refractivity contribution in [3.05, 3.63) is 12.2 Å². The summed E-state index contributed by atoms with van der Waals surface area (Å²) in [5.74, 6) is 0.599. The van der Waals surface area contributed by atoms with Crippen molar-refractivity contribution in [2.75, 3.05) is 0 Å². The van der Waals surface area contributed by atoms with Crippen LogP contribution in [-0.2, 0) is 17.8 Å². The Kier molecular flexibility index (Phi) is 3.68. The lowest BCUT2D eigenvalue weighted by Gasteiger charge is -2.36. The van der Waals surface area contributed by atoms with Gasteiger partial charge >= 0.3 is 5.97 Å². The van der Waals surface area contributed by atoms with Crippen LogP contribution in [0.25, 0.3) is 0 Å². The molecule has 1 aliphatic carbocycles. The summed E-state index contributed by atoms with van der Waals surface area (Å²) >= 11 is 0. The van der Waals surface area contributed by atoms with E-state index < -0.39 is 11.4 Å². The molecule has 5 nitrogen and oxygen atoms in total. The molecular formula is C13H21N3O2. The highest BCUT2D eigenvalue weighted by Gasteiger charge is 2.42. The molecule has 0 aliphatic heterocycles. The molecule has 1 saturated carbocycles. The molecule has 2 atom stereocenters. The van der Waals surface area contributed by atoms with Crippen molar-refractivity contribution in [1.82, 2.24) is 14.8 Å². The summed E-state index contributed by atoms with van der Waals surface area (Å²) in [4.78, 5) is 15.9. The molecule has 0 radical (unpaired) electrons. The standard InChI is InChI=1S/C13H21N3O2/c1-3-16-11(14-9-15-16)8-13(12(17)18)6-4-5-10(2)7-13/h9-10H,3-8H2,1-2H3,(H,17,18). The average molecular weight is 251 g/mol. The summed E-state index contributed by atoms with van der Waals surface area (Å²) in [5, 5.41) is 13.7. The van der Waals surface area contributed by atoms with Gasteiger partial charge in [-0.15, -0.1) is 0 Å². The third kappa shape index (κ3) is 2.40. The highest BCUT2D eigenvalue weighted by Crippen LogP contribution is 2.41. The Morgan fingerprint density at radius 3 is 3.06 bits per heavy atom. The van der Waals surface area contributed by atoms with Crippen LogP contribution in [-0.4, -0.2) is 25.8 Å². The minimum absolute atomic E-state index is 0.479. The Morgan fingerprint density at radius 1 is 1.67 bits per heavy atom. The molecule has 1 aliphatic rings. The number of carboxylic acid groups (broad SMARTS) is 1. The van der Waals surface area contributed by atoms with Crippen molar-refractivity contribution < 1.29 is 9.90 Å². The number of aryl methyl sites for hydroxylation is 1. The number of hydrogen-bond acceptors (Lipinski definition) is 3. The number of nitrogens with zero attached hydrogens (tertiary/aromatic N) is 3. The first-order chi connectivity index (χ1) is 8.57. The Bertz CT molecular complexity index is 430. The molecule has 0 aromatic carbocycles.